The average molecular weight is 436 g/mol. The number of nitrogens with zero attached hydrogens (tertiary/aromatic N) is 3. The van der Waals surface area contributed by atoms with Crippen molar-refractivity contribution in [2.75, 3.05) is 16.8 Å². The zero-order chi connectivity index (χ0) is 19.8. The van der Waals surface area contributed by atoms with Crippen LogP contribution >= 0.6 is 0 Å². The molecule has 0 unspecified atom stereocenters. The van der Waals surface area contributed by atoms with Gasteiger partial charge in [-0.1, -0.05) is 42.1 Å². The molecule has 4 nitrogen and oxygen atoms in total. The summed E-state index contributed by atoms with van der Waals surface area (Å²) < 4.78 is 0. The first-order chi connectivity index (χ1) is 14.2. The van der Waals surface area contributed by atoms with Gasteiger partial charge in [0.05, 0.1) is 5.69 Å². The van der Waals surface area contributed by atoms with E-state index in [4.69, 9.17) is 4.98 Å². The van der Waals surface area contributed by atoms with Gasteiger partial charge in [0, 0.05) is 16.9 Å². The van der Waals surface area contributed by atoms with Gasteiger partial charge in [0.1, 0.15) is 5.75 Å². The molecule has 0 amide bonds. The molecule has 0 aliphatic carbocycles. The summed E-state index contributed by atoms with van der Waals surface area (Å²) in [5.74, 6) is 0.223. The fourth-order valence-electron chi connectivity index (χ4n) is 3.63. The molecule has 0 bridgehead atoms. The van der Waals surface area contributed by atoms with Gasteiger partial charge in [-0.05, 0) is 43.1 Å². The predicted octanol–water partition coefficient (Wildman–Crippen LogP) is 5.63. The summed E-state index contributed by atoms with van der Waals surface area (Å²) in [7, 11) is 2.04. The summed E-state index contributed by atoms with van der Waals surface area (Å²) in [6.07, 6.45) is 0. The minimum absolute atomic E-state index is 0. The van der Waals surface area contributed by atoms with Crippen LogP contribution < -0.4 is 9.80 Å². The number of phenols is 1. The van der Waals surface area contributed by atoms with E-state index in [0.29, 0.717) is 5.56 Å². The van der Waals surface area contributed by atoms with Crippen LogP contribution in [0.15, 0.2) is 84.9 Å². The summed E-state index contributed by atoms with van der Waals surface area (Å²) >= 11 is 0. The fraction of sp³-hybridized carbons (Fsp3) is 0.0400. The largest absolute Gasteiger partial charge is 2.00 e. The zero-order valence-electron chi connectivity index (χ0n) is 16.3. The third-order valence-corrected chi connectivity index (χ3v) is 5.05. The normalized spacial score (nSPS) is 12.4. The van der Waals surface area contributed by atoms with Crippen LogP contribution in [0.25, 0.3) is 22.5 Å². The minimum atomic E-state index is 0. The molecule has 1 N–H and O–H groups in total. The number of para-hydroxylation sites is 3. The number of pyridine rings is 1. The summed E-state index contributed by atoms with van der Waals surface area (Å²) in [5.41, 5.74) is 6.40. The molecule has 30 heavy (non-hydrogen) atoms. The van der Waals surface area contributed by atoms with E-state index in [1.165, 1.54) is 0 Å². The van der Waals surface area contributed by atoms with E-state index in [0.717, 1.165) is 34.0 Å². The number of aromatic nitrogens is 1. The first kappa shape index (κ1) is 20.0. The summed E-state index contributed by atoms with van der Waals surface area (Å²) in [5, 5.41) is 10.2. The first-order valence-corrected chi connectivity index (χ1v) is 9.45. The van der Waals surface area contributed by atoms with E-state index in [9.17, 15) is 5.11 Å². The molecule has 1 aliphatic heterocycles. The van der Waals surface area contributed by atoms with Crippen LogP contribution in [0.1, 0.15) is 0 Å². The maximum Gasteiger partial charge on any atom is 2.00 e. The number of benzene rings is 3. The van der Waals surface area contributed by atoms with Gasteiger partial charge >= 0.3 is 16.5 Å². The zero-order valence-corrected chi connectivity index (χ0v) is 17.3. The molecule has 150 valence electrons. The Morgan fingerprint density at radius 3 is 2.33 bits per heavy atom. The molecule has 1 aromatic heterocycles. The second-order valence-electron chi connectivity index (χ2n) is 6.96. The van der Waals surface area contributed by atoms with Gasteiger partial charge in [-0.3, -0.25) is 4.98 Å². The third-order valence-electron chi connectivity index (χ3n) is 5.05. The van der Waals surface area contributed by atoms with Crippen molar-refractivity contribution in [3.63, 3.8) is 0 Å². The molecule has 0 saturated carbocycles. The van der Waals surface area contributed by atoms with Crippen LogP contribution in [0.4, 0.5) is 17.1 Å². The van der Waals surface area contributed by atoms with Crippen molar-refractivity contribution in [1.29, 1.82) is 0 Å². The van der Waals surface area contributed by atoms with Crippen molar-refractivity contribution < 1.29 is 21.6 Å². The van der Waals surface area contributed by atoms with Crippen molar-refractivity contribution in [2.24, 2.45) is 0 Å². The van der Waals surface area contributed by atoms with Gasteiger partial charge < -0.3 is 14.9 Å². The van der Waals surface area contributed by atoms with Crippen molar-refractivity contribution in [3.05, 3.63) is 97.7 Å². The molecule has 0 atom stereocenters. The maximum absolute atomic E-state index is 10.2. The average Bonchev–Trinajstić information content (AvgIpc) is 3.11. The molecule has 0 radical (unpaired) electrons. The second kappa shape index (κ2) is 8.21. The van der Waals surface area contributed by atoms with E-state index in [-0.39, 0.29) is 22.2 Å². The van der Waals surface area contributed by atoms with Gasteiger partial charge in [-0.15, -0.1) is 29.8 Å². The molecular formula is C25H19N3NiO. The van der Waals surface area contributed by atoms with Gasteiger partial charge in [-0.2, -0.15) is 6.67 Å². The number of hydrogen-bond acceptors (Lipinski definition) is 4. The van der Waals surface area contributed by atoms with Crippen LogP contribution in [0.3, 0.4) is 0 Å². The Bertz CT molecular complexity index is 1190. The molecule has 0 fully saturated rings. The van der Waals surface area contributed by atoms with E-state index >= 15 is 0 Å². The summed E-state index contributed by atoms with van der Waals surface area (Å²) in [6.45, 7) is 2.06. The Morgan fingerprint density at radius 1 is 0.800 bits per heavy atom. The van der Waals surface area contributed by atoms with Crippen LogP contribution in [-0.4, -0.2) is 17.1 Å². The first-order valence-electron chi connectivity index (χ1n) is 9.45. The maximum atomic E-state index is 10.2. The number of hydrogen-bond donors (Lipinski definition) is 1. The van der Waals surface area contributed by atoms with E-state index < -0.39 is 0 Å². The van der Waals surface area contributed by atoms with Crippen LogP contribution in [-0.2, 0) is 16.5 Å². The van der Waals surface area contributed by atoms with E-state index in [2.05, 4.69) is 34.7 Å². The van der Waals surface area contributed by atoms with Gasteiger partial charge in [0.25, 0.3) is 0 Å². The number of anilines is 3. The molecular weight excluding hydrogens is 417 g/mol. The number of rotatable bonds is 3. The Kier molecular flexibility index (Phi) is 5.47. The monoisotopic (exact) mass is 435 g/mol. The van der Waals surface area contributed by atoms with E-state index in [1.54, 1.807) is 12.1 Å². The summed E-state index contributed by atoms with van der Waals surface area (Å²) in [6, 6.07) is 30.9. The SMILES string of the molecule is CN1[CH-]N(c2[c-]c(-c3cccc(-c4ccccc4O)n3)ccc2)c2ccccc21.[Ni+2]. The number of aromatic hydroxyl groups is 1. The van der Waals surface area contributed by atoms with Gasteiger partial charge in [0.15, 0.2) is 0 Å². The molecule has 1 aliphatic rings. The quantitative estimate of drug-likeness (QED) is 0.334. The Morgan fingerprint density at radius 2 is 1.50 bits per heavy atom. The molecule has 5 rings (SSSR count). The number of phenolic OH excluding ortho intramolecular Hbond substituents is 1. The summed E-state index contributed by atoms with van der Waals surface area (Å²) in [4.78, 5) is 9.01. The Labute approximate surface area is 186 Å². The van der Waals surface area contributed by atoms with Gasteiger partial charge in [0.2, 0.25) is 0 Å². The third kappa shape index (κ3) is 3.53. The van der Waals surface area contributed by atoms with Crippen molar-refractivity contribution >= 4 is 17.1 Å². The number of fused-ring (bicyclic) bond motifs is 1. The molecule has 0 saturated heterocycles. The van der Waals surface area contributed by atoms with Crippen LogP contribution in [0.2, 0.25) is 0 Å². The van der Waals surface area contributed by atoms with E-state index in [1.807, 2.05) is 67.7 Å². The minimum Gasteiger partial charge on any atom is -0.507 e. The molecule has 0 spiro atoms. The van der Waals surface area contributed by atoms with Gasteiger partial charge in [-0.25, -0.2) is 0 Å². The smallest absolute Gasteiger partial charge is 0.507 e. The fourth-order valence-corrected chi connectivity index (χ4v) is 3.63. The standard InChI is InChI=1S/C25H19N3O.Ni/c1-27-17-28(24-14-4-3-13-23(24)27)19-9-6-8-18(16-19)21-11-7-12-22(26-21)20-10-2-5-15-25(20)29;/h2-15,17,29H,1H3;/q-2;+2. The Balaban J connectivity index is 0.00000218. The Hall–Kier alpha value is -3.30. The second-order valence-corrected chi connectivity index (χ2v) is 6.96. The van der Waals surface area contributed by atoms with Crippen molar-refractivity contribution in [2.45, 2.75) is 0 Å². The topological polar surface area (TPSA) is 39.6 Å². The molecule has 4 aromatic rings. The van der Waals surface area contributed by atoms with Crippen molar-refractivity contribution in [1.82, 2.24) is 4.98 Å². The van der Waals surface area contributed by atoms with Crippen LogP contribution in [0, 0.1) is 12.7 Å². The molecule has 5 heteroatoms. The van der Waals surface area contributed by atoms with Crippen LogP contribution in [0.5, 0.6) is 5.75 Å². The molecule has 2 heterocycles. The predicted molar refractivity (Wildman–Crippen MR) is 117 cm³/mol. The van der Waals surface area contributed by atoms with Crippen molar-refractivity contribution in [3.8, 4) is 28.3 Å². The molecule has 3 aromatic carbocycles.